The second kappa shape index (κ2) is 6.81. The van der Waals surface area contributed by atoms with E-state index in [1.165, 1.54) is 16.1 Å². The van der Waals surface area contributed by atoms with E-state index in [1.54, 1.807) is 13.8 Å². The van der Waals surface area contributed by atoms with Gasteiger partial charge in [-0.1, -0.05) is 45.0 Å². The van der Waals surface area contributed by atoms with Gasteiger partial charge in [-0.2, -0.15) is 4.98 Å². The van der Waals surface area contributed by atoms with Crippen molar-refractivity contribution in [1.82, 2.24) is 19.6 Å². The topological polar surface area (TPSA) is 95.3 Å². The highest BCUT2D eigenvalue weighted by Gasteiger charge is 2.16. The van der Waals surface area contributed by atoms with Gasteiger partial charge in [0, 0.05) is 18.2 Å². The summed E-state index contributed by atoms with van der Waals surface area (Å²) in [5.74, 6) is 1.03. The van der Waals surface area contributed by atoms with Crippen molar-refractivity contribution in [2.45, 2.75) is 52.1 Å². The number of nitrogens with zero attached hydrogens (tertiary/aromatic N) is 3. The molecule has 2 heterocycles. The third-order valence-corrected chi connectivity index (χ3v) is 4.38. The van der Waals surface area contributed by atoms with Crippen molar-refractivity contribution < 1.29 is 5.11 Å². The van der Waals surface area contributed by atoms with E-state index in [0.29, 0.717) is 30.4 Å². The van der Waals surface area contributed by atoms with Gasteiger partial charge in [0.2, 0.25) is 5.95 Å². The number of hydrogen-bond donors (Lipinski definition) is 3. The molecular weight excluding hydrogens is 342 g/mol. The van der Waals surface area contributed by atoms with Gasteiger partial charge >= 0.3 is 0 Å². The van der Waals surface area contributed by atoms with E-state index in [-0.39, 0.29) is 11.0 Å². The van der Waals surface area contributed by atoms with Crippen molar-refractivity contribution >= 4 is 11.6 Å². The third kappa shape index (κ3) is 4.54. The number of benzene rings is 1. The van der Waals surface area contributed by atoms with Crippen LogP contribution in [0.3, 0.4) is 0 Å². The summed E-state index contributed by atoms with van der Waals surface area (Å²) in [5.41, 5.74) is 1.65. The highest BCUT2D eigenvalue weighted by molar-refractivity contribution is 5.60. The molecule has 3 rings (SSSR count). The third-order valence-electron chi connectivity index (χ3n) is 4.38. The van der Waals surface area contributed by atoms with Crippen LogP contribution in [0.1, 0.15) is 46.6 Å². The molecule has 0 amide bonds. The molecule has 3 aromatic rings. The summed E-state index contributed by atoms with van der Waals surface area (Å²) in [5, 5.41) is 15.8. The molecule has 0 saturated carbocycles. The smallest absolute Gasteiger partial charge is 0.266 e. The van der Waals surface area contributed by atoms with Crippen molar-refractivity contribution in [2.75, 3.05) is 11.9 Å². The molecule has 0 atom stereocenters. The molecule has 2 aromatic heterocycles. The van der Waals surface area contributed by atoms with Gasteiger partial charge in [0.1, 0.15) is 0 Å². The molecule has 1 aromatic carbocycles. The molecule has 0 saturated heterocycles. The van der Waals surface area contributed by atoms with Crippen LogP contribution in [0.25, 0.3) is 17.0 Å². The Bertz CT molecular complexity index is 988. The van der Waals surface area contributed by atoms with Crippen LogP contribution in [0, 0.1) is 0 Å². The van der Waals surface area contributed by atoms with E-state index in [2.05, 4.69) is 53.3 Å². The minimum Gasteiger partial charge on any atom is -0.390 e. The molecule has 0 aliphatic heterocycles. The van der Waals surface area contributed by atoms with Gasteiger partial charge in [-0.05, 0) is 31.2 Å². The van der Waals surface area contributed by atoms with E-state index >= 15 is 0 Å². The van der Waals surface area contributed by atoms with E-state index in [1.807, 2.05) is 12.1 Å². The Morgan fingerprint density at radius 3 is 2.37 bits per heavy atom. The second-order valence-corrected chi connectivity index (χ2v) is 8.50. The van der Waals surface area contributed by atoms with Crippen LogP contribution in [0.5, 0.6) is 0 Å². The Morgan fingerprint density at radius 1 is 1.11 bits per heavy atom. The van der Waals surface area contributed by atoms with Gasteiger partial charge in [0.05, 0.1) is 5.60 Å². The lowest BCUT2D eigenvalue weighted by atomic mass is 9.87. The first-order valence-electron chi connectivity index (χ1n) is 9.10. The SMILES string of the molecule is CC(C)(O)CCNc1nc(-c2ccc(C(C)(C)C)cc2)nc2cc(=O)[nH]n12. The van der Waals surface area contributed by atoms with E-state index in [4.69, 9.17) is 0 Å². The number of rotatable bonds is 5. The number of hydrogen-bond acceptors (Lipinski definition) is 5. The van der Waals surface area contributed by atoms with Crippen LogP contribution in [-0.4, -0.2) is 36.8 Å². The first-order chi connectivity index (χ1) is 12.5. The lowest BCUT2D eigenvalue weighted by Gasteiger charge is -2.19. The second-order valence-electron chi connectivity index (χ2n) is 8.50. The Morgan fingerprint density at radius 2 is 1.78 bits per heavy atom. The monoisotopic (exact) mass is 369 g/mol. The van der Waals surface area contributed by atoms with Crippen molar-refractivity contribution in [3.63, 3.8) is 0 Å². The largest absolute Gasteiger partial charge is 0.390 e. The van der Waals surface area contributed by atoms with Gasteiger partial charge in [-0.3, -0.25) is 9.89 Å². The van der Waals surface area contributed by atoms with Crippen molar-refractivity contribution in [2.24, 2.45) is 0 Å². The molecule has 0 aliphatic carbocycles. The van der Waals surface area contributed by atoms with Crippen molar-refractivity contribution in [1.29, 1.82) is 0 Å². The maximum Gasteiger partial charge on any atom is 0.266 e. The lowest BCUT2D eigenvalue weighted by Crippen LogP contribution is -2.23. The molecule has 3 N–H and O–H groups in total. The molecule has 0 spiro atoms. The molecule has 0 radical (unpaired) electrons. The van der Waals surface area contributed by atoms with Crippen molar-refractivity contribution in [3.05, 3.63) is 46.2 Å². The molecule has 7 nitrogen and oxygen atoms in total. The van der Waals surface area contributed by atoms with Gasteiger partial charge in [0.25, 0.3) is 5.56 Å². The Hall–Kier alpha value is -2.67. The molecule has 0 aliphatic rings. The van der Waals surface area contributed by atoms with Crippen LogP contribution in [0.4, 0.5) is 5.95 Å². The average Bonchev–Trinajstić information content (AvgIpc) is 2.93. The molecule has 27 heavy (non-hydrogen) atoms. The Balaban J connectivity index is 1.97. The molecule has 0 unspecified atom stereocenters. The maximum atomic E-state index is 11.8. The van der Waals surface area contributed by atoms with Gasteiger partial charge in [-0.15, -0.1) is 0 Å². The summed E-state index contributed by atoms with van der Waals surface area (Å²) in [6, 6.07) is 9.59. The van der Waals surface area contributed by atoms with Crippen LogP contribution >= 0.6 is 0 Å². The first-order valence-corrected chi connectivity index (χ1v) is 9.10. The lowest BCUT2D eigenvalue weighted by molar-refractivity contribution is 0.0748. The highest BCUT2D eigenvalue weighted by atomic mass is 16.3. The van der Waals surface area contributed by atoms with E-state index in [0.717, 1.165) is 5.56 Å². The maximum absolute atomic E-state index is 11.8. The number of nitrogens with one attached hydrogen (secondary N) is 2. The molecule has 7 heteroatoms. The molecule has 144 valence electrons. The predicted octanol–water partition coefficient (Wildman–Crippen LogP) is 2.96. The normalized spacial score (nSPS) is 12.5. The summed E-state index contributed by atoms with van der Waals surface area (Å²) in [7, 11) is 0. The van der Waals surface area contributed by atoms with E-state index < -0.39 is 5.60 Å². The number of aliphatic hydroxyl groups is 1. The number of aromatic amines is 1. The zero-order valence-corrected chi connectivity index (χ0v) is 16.5. The summed E-state index contributed by atoms with van der Waals surface area (Å²) >= 11 is 0. The zero-order chi connectivity index (χ0) is 19.8. The Labute approximate surface area is 158 Å². The number of anilines is 1. The molecular formula is C20H27N5O2. The van der Waals surface area contributed by atoms with Crippen LogP contribution in [-0.2, 0) is 5.41 Å². The fraction of sp³-hybridized carbons (Fsp3) is 0.450. The van der Waals surface area contributed by atoms with Crippen LogP contribution in [0.15, 0.2) is 35.1 Å². The van der Waals surface area contributed by atoms with Gasteiger partial charge in [-0.25, -0.2) is 9.50 Å². The van der Waals surface area contributed by atoms with Crippen molar-refractivity contribution in [3.8, 4) is 11.4 Å². The predicted molar refractivity (Wildman–Crippen MR) is 107 cm³/mol. The summed E-state index contributed by atoms with van der Waals surface area (Å²) < 4.78 is 1.53. The average molecular weight is 369 g/mol. The minimum absolute atomic E-state index is 0.0705. The number of aromatic nitrogens is 4. The highest BCUT2D eigenvalue weighted by Crippen LogP contribution is 2.25. The van der Waals surface area contributed by atoms with E-state index in [9.17, 15) is 9.90 Å². The molecule has 0 bridgehead atoms. The fourth-order valence-corrected chi connectivity index (χ4v) is 2.76. The quantitative estimate of drug-likeness (QED) is 0.643. The number of fused-ring (bicyclic) bond motifs is 1. The fourth-order valence-electron chi connectivity index (χ4n) is 2.76. The summed E-state index contributed by atoms with van der Waals surface area (Å²) in [4.78, 5) is 20.9. The van der Waals surface area contributed by atoms with Gasteiger partial charge in [0.15, 0.2) is 11.5 Å². The summed E-state index contributed by atoms with van der Waals surface area (Å²) in [6.45, 7) is 10.5. The Kier molecular flexibility index (Phi) is 4.82. The van der Waals surface area contributed by atoms with Gasteiger partial charge < -0.3 is 10.4 Å². The molecule has 0 fully saturated rings. The minimum atomic E-state index is -0.783. The van der Waals surface area contributed by atoms with Crippen LogP contribution < -0.4 is 10.9 Å². The zero-order valence-electron chi connectivity index (χ0n) is 16.5. The number of H-pyrrole nitrogens is 1. The summed E-state index contributed by atoms with van der Waals surface area (Å²) in [6.07, 6.45) is 0.541. The standard InChI is InChI=1S/C20H27N5O2/c1-19(2,3)14-8-6-13(7-9-14)17-22-15-12-16(26)24-25(15)18(23-17)21-11-10-20(4,5)27/h6-9,12,27H,10-11H2,1-5H3,(H,24,26)(H,21,22,23). The first kappa shape index (κ1) is 19.1. The van der Waals surface area contributed by atoms with Crippen LogP contribution in [0.2, 0.25) is 0 Å².